The number of aliphatic hydroxyl groups excluding tert-OH is 1. The Hall–Kier alpha value is -2.97. The molecule has 0 fully saturated rings. The smallest absolute Gasteiger partial charge is 0.390 e. The summed E-state index contributed by atoms with van der Waals surface area (Å²) in [7, 11) is -1.74. The molecule has 0 radical (unpaired) electrons. The molecule has 1 aliphatic carbocycles. The molecule has 0 saturated carbocycles. The number of aliphatic hydroxyl groups is 1. The van der Waals surface area contributed by atoms with Gasteiger partial charge in [0, 0.05) is 25.6 Å². The topological polar surface area (TPSA) is 117 Å². The molecule has 0 aromatic heterocycles. The maximum atomic E-state index is 13.7. The third-order valence-electron chi connectivity index (χ3n) is 8.18. The number of hydrogen-bond donors (Lipinski definition) is 3. The highest BCUT2D eigenvalue weighted by atomic mass is 32.2. The summed E-state index contributed by atoms with van der Waals surface area (Å²) >= 11 is 0. The number of carbonyl (C=O) groups is 1. The van der Waals surface area contributed by atoms with Crippen LogP contribution in [0.15, 0.2) is 60.7 Å². The predicted molar refractivity (Wildman–Crippen MR) is 160 cm³/mol. The van der Waals surface area contributed by atoms with E-state index in [9.17, 15) is 31.5 Å². The molecule has 3 N–H and O–H groups in total. The quantitative estimate of drug-likeness (QED) is 0.398. The molecule has 2 aromatic rings. The molecule has 1 amide bonds. The Labute approximate surface area is 256 Å². The molecule has 2 aromatic carbocycles. The van der Waals surface area contributed by atoms with Crippen molar-refractivity contribution in [2.24, 2.45) is 0 Å². The second-order valence-electron chi connectivity index (χ2n) is 11.2. The van der Waals surface area contributed by atoms with Gasteiger partial charge in [-0.3, -0.25) is 4.79 Å². The summed E-state index contributed by atoms with van der Waals surface area (Å²) in [4.78, 5) is 13.7. The summed E-state index contributed by atoms with van der Waals surface area (Å²) in [6, 6.07) is 12.8. The van der Waals surface area contributed by atoms with Crippen molar-refractivity contribution in [3.63, 3.8) is 0 Å². The number of alkyl halides is 3. The van der Waals surface area contributed by atoms with E-state index >= 15 is 0 Å². The van der Waals surface area contributed by atoms with Gasteiger partial charge >= 0.3 is 6.18 Å². The lowest BCUT2D eigenvalue weighted by Crippen LogP contribution is -2.55. The first-order valence-electron chi connectivity index (χ1n) is 14.6. The van der Waals surface area contributed by atoms with Crippen molar-refractivity contribution in [3.05, 3.63) is 77.4 Å². The normalized spacial score (nSPS) is 25.4. The third kappa shape index (κ3) is 9.04. The van der Waals surface area contributed by atoms with Crippen LogP contribution in [0, 0.1) is 0 Å². The number of sulfonamides is 1. The van der Waals surface area contributed by atoms with Crippen LogP contribution in [0.3, 0.4) is 0 Å². The van der Waals surface area contributed by atoms with E-state index in [1.165, 1.54) is 0 Å². The highest BCUT2D eigenvalue weighted by Crippen LogP contribution is 2.42. The summed E-state index contributed by atoms with van der Waals surface area (Å²) in [6.45, 7) is 0.724. The average Bonchev–Trinajstić information content (AvgIpc) is 3.34. The number of hydrogen-bond acceptors (Lipinski definition) is 7. The molecule has 4 rings (SSSR count). The molecule has 13 heteroatoms. The summed E-state index contributed by atoms with van der Waals surface area (Å²) in [5.74, 6) is -1.11. The molecular weight excluding hydrogens is 599 g/mol. The van der Waals surface area contributed by atoms with E-state index in [1.54, 1.807) is 19.3 Å². The van der Waals surface area contributed by atoms with Crippen molar-refractivity contribution < 1.29 is 41.0 Å². The fourth-order valence-corrected chi connectivity index (χ4v) is 7.00. The van der Waals surface area contributed by atoms with E-state index in [0.29, 0.717) is 16.7 Å². The Kier molecular flexibility index (Phi) is 11.5. The van der Waals surface area contributed by atoms with Crippen LogP contribution in [0.5, 0.6) is 5.75 Å². The van der Waals surface area contributed by atoms with Crippen LogP contribution in [0.4, 0.5) is 13.2 Å². The van der Waals surface area contributed by atoms with Crippen molar-refractivity contribution in [1.82, 2.24) is 14.9 Å². The van der Waals surface area contributed by atoms with Crippen molar-refractivity contribution in [2.75, 3.05) is 39.7 Å². The van der Waals surface area contributed by atoms with E-state index < -0.39 is 52.5 Å². The van der Waals surface area contributed by atoms with Gasteiger partial charge in [0.15, 0.2) is 0 Å². The monoisotopic (exact) mass is 639 g/mol. The average molecular weight is 640 g/mol. The standard InChI is InChI=1S/C31H40F3N3O6S/c1-37(44(40,41)15-13-31(32,33)34)28-10-6-7-14-43-20-22-17-26(25-18-23(42-2)11-12-24(22)25)35-19-29(38)27(36-30(28)39)16-21-8-4-3-5-9-21/h3-9,11-12,18,22,26-29,35,38H,10,13-17,19-20H2,1-2H3,(H,36,39)/t22-,26+,27+,28+,29-/m1/s1. The van der Waals surface area contributed by atoms with Crippen LogP contribution in [-0.2, 0) is 26.0 Å². The van der Waals surface area contributed by atoms with Gasteiger partial charge in [-0.05, 0) is 48.1 Å². The van der Waals surface area contributed by atoms with Gasteiger partial charge in [-0.2, -0.15) is 17.5 Å². The zero-order valence-electron chi connectivity index (χ0n) is 24.8. The van der Waals surface area contributed by atoms with Crippen LogP contribution in [0.25, 0.3) is 0 Å². The molecule has 242 valence electrons. The molecule has 44 heavy (non-hydrogen) atoms. The molecule has 9 nitrogen and oxygen atoms in total. The largest absolute Gasteiger partial charge is 0.497 e. The molecule has 0 spiro atoms. The zero-order valence-corrected chi connectivity index (χ0v) is 25.6. The van der Waals surface area contributed by atoms with Crippen LogP contribution >= 0.6 is 0 Å². The first kappa shape index (κ1) is 33.9. The number of methoxy groups -OCH3 is 1. The van der Waals surface area contributed by atoms with Gasteiger partial charge in [0.05, 0.1) is 44.6 Å². The van der Waals surface area contributed by atoms with Crippen molar-refractivity contribution in [2.45, 2.75) is 62.0 Å². The van der Waals surface area contributed by atoms with Gasteiger partial charge in [0.1, 0.15) is 11.8 Å². The van der Waals surface area contributed by atoms with Crippen LogP contribution in [0.2, 0.25) is 0 Å². The minimum absolute atomic E-state index is 0.0873. The molecule has 0 unspecified atom stereocenters. The van der Waals surface area contributed by atoms with Gasteiger partial charge in [0.25, 0.3) is 0 Å². The maximum absolute atomic E-state index is 13.7. The zero-order chi connectivity index (χ0) is 31.9. The summed E-state index contributed by atoms with van der Waals surface area (Å²) in [6.07, 6.45) is -3.15. The number of nitrogens with zero attached hydrogens (tertiary/aromatic N) is 1. The highest BCUT2D eigenvalue weighted by Gasteiger charge is 2.37. The Morgan fingerprint density at radius 3 is 2.57 bits per heavy atom. The molecule has 5 atom stereocenters. The number of ether oxygens (including phenoxy) is 2. The highest BCUT2D eigenvalue weighted by molar-refractivity contribution is 7.89. The number of nitrogens with one attached hydrogen (secondary N) is 2. The van der Waals surface area contributed by atoms with Crippen LogP contribution in [0.1, 0.15) is 47.9 Å². The number of carbonyl (C=O) groups excluding carboxylic acids is 1. The van der Waals surface area contributed by atoms with E-state index in [1.807, 2.05) is 48.5 Å². The summed E-state index contributed by atoms with van der Waals surface area (Å²) < 4.78 is 76.4. The van der Waals surface area contributed by atoms with Crippen molar-refractivity contribution >= 4 is 15.9 Å². The van der Waals surface area contributed by atoms with Crippen LogP contribution in [-0.4, -0.2) is 87.8 Å². The third-order valence-corrected chi connectivity index (χ3v) is 10.0. The molecule has 0 saturated heterocycles. The summed E-state index contributed by atoms with van der Waals surface area (Å²) in [5, 5.41) is 17.6. The molecular formula is C31H40F3N3O6S. The number of fused-ring (bicyclic) bond motifs is 5. The summed E-state index contributed by atoms with van der Waals surface area (Å²) in [5.41, 5.74) is 2.99. The fourth-order valence-electron chi connectivity index (χ4n) is 5.65. The minimum atomic E-state index is -4.67. The van der Waals surface area contributed by atoms with E-state index in [4.69, 9.17) is 9.47 Å². The first-order chi connectivity index (χ1) is 20.9. The Morgan fingerprint density at radius 1 is 1.11 bits per heavy atom. The number of β-amino-alcohol motifs (C(OH)–C–C–N with tert-alkyl or cyclic N) is 1. The first-order valence-corrected chi connectivity index (χ1v) is 16.2. The van der Waals surface area contributed by atoms with E-state index in [2.05, 4.69) is 10.6 Å². The number of likely N-dealkylation sites (N-methyl/N-ethyl adjacent to an activating group) is 1. The van der Waals surface area contributed by atoms with Gasteiger partial charge in [-0.15, -0.1) is 0 Å². The van der Waals surface area contributed by atoms with E-state index in [-0.39, 0.29) is 38.0 Å². The van der Waals surface area contributed by atoms with Crippen molar-refractivity contribution in [3.8, 4) is 5.75 Å². The van der Waals surface area contributed by atoms with Gasteiger partial charge in [-0.1, -0.05) is 48.6 Å². The van der Waals surface area contributed by atoms with Gasteiger partial charge in [-0.25, -0.2) is 8.42 Å². The Morgan fingerprint density at radius 2 is 1.86 bits per heavy atom. The second-order valence-corrected chi connectivity index (χ2v) is 13.4. The van der Waals surface area contributed by atoms with Crippen LogP contribution < -0.4 is 15.4 Å². The predicted octanol–water partition coefficient (Wildman–Crippen LogP) is 3.46. The lowest BCUT2D eigenvalue weighted by molar-refractivity contribution is -0.130. The maximum Gasteiger partial charge on any atom is 0.390 e. The number of halogens is 3. The Balaban J connectivity index is 1.62. The molecule has 2 bridgehead atoms. The lowest BCUT2D eigenvalue weighted by atomic mass is 9.99. The number of amides is 1. The van der Waals surface area contributed by atoms with Gasteiger partial charge < -0.3 is 25.2 Å². The SMILES string of the molecule is COc1ccc2c(c1)[C@@H]1C[C@@H]2COCC=CC[C@H](N(C)S(=O)(=O)CCC(F)(F)F)C(=O)N[C@@H](Cc2ccccc2)[C@H](O)CN1. The second kappa shape index (κ2) is 14.9. The number of benzene rings is 2. The van der Waals surface area contributed by atoms with Gasteiger partial charge in [0.2, 0.25) is 15.9 Å². The van der Waals surface area contributed by atoms with E-state index in [0.717, 1.165) is 30.2 Å². The molecule has 1 aliphatic heterocycles. The lowest BCUT2D eigenvalue weighted by Gasteiger charge is -2.31. The fraction of sp³-hybridized carbons (Fsp3) is 0.516. The Bertz CT molecular complexity index is 1390. The molecule has 2 aliphatic rings. The van der Waals surface area contributed by atoms with Crippen molar-refractivity contribution in [1.29, 1.82) is 0 Å². The number of rotatable bonds is 7. The minimum Gasteiger partial charge on any atom is -0.497 e. The molecule has 1 heterocycles.